The van der Waals surface area contributed by atoms with Crippen LogP contribution in [0.3, 0.4) is 0 Å². The van der Waals surface area contributed by atoms with Crippen LogP contribution in [0.5, 0.6) is 17.2 Å². The van der Waals surface area contributed by atoms with Crippen molar-refractivity contribution < 1.29 is 14.2 Å². The molecule has 2 rings (SSSR count). The first-order valence-corrected chi connectivity index (χ1v) is 8.10. The number of hydrogen-bond donors (Lipinski definition) is 1. The van der Waals surface area contributed by atoms with Crippen molar-refractivity contribution in [3.63, 3.8) is 0 Å². The number of benzene rings is 1. The van der Waals surface area contributed by atoms with E-state index in [0.717, 1.165) is 25.2 Å². The maximum Gasteiger partial charge on any atom is 0.249 e. The normalized spacial score (nSPS) is 10.3. The zero-order chi connectivity index (χ0) is 18.2. The smallest absolute Gasteiger partial charge is 0.249 e. The molecule has 2 aromatic rings. The van der Waals surface area contributed by atoms with E-state index in [9.17, 15) is 0 Å². The molecule has 25 heavy (non-hydrogen) atoms. The van der Waals surface area contributed by atoms with Gasteiger partial charge < -0.3 is 24.4 Å². The van der Waals surface area contributed by atoms with Crippen LogP contribution in [0.4, 0.5) is 17.5 Å². The zero-order valence-corrected chi connectivity index (χ0v) is 15.4. The van der Waals surface area contributed by atoms with Gasteiger partial charge in [-0.05, 0) is 6.42 Å². The lowest BCUT2D eigenvalue weighted by atomic mass is 10.2. The molecule has 0 unspecified atom stereocenters. The van der Waals surface area contributed by atoms with Gasteiger partial charge in [0.25, 0.3) is 0 Å². The summed E-state index contributed by atoms with van der Waals surface area (Å²) in [6, 6.07) is 3.58. The van der Waals surface area contributed by atoms with Crippen molar-refractivity contribution in [2.45, 2.75) is 19.8 Å². The van der Waals surface area contributed by atoms with E-state index in [1.54, 1.807) is 39.7 Å². The monoisotopic (exact) mass is 347 g/mol. The van der Waals surface area contributed by atoms with Crippen LogP contribution in [0.25, 0.3) is 0 Å². The maximum absolute atomic E-state index is 5.35. The fourth-order valence-electron chi connectivity index (χ4n) is 2.32. The predicted molar refractivity (Wildman–Crippen MR) is 97.4 cm³/mol. The Hall–Kier alpha value is -2.77. The van der Waals surface area contributed by atoms with Crippen molar-refractivity contribution in [2.24, 2.45) is 0 Å². The topological polar surface area (TPSA) is 81.6 Å². The molecule has 8 nitrogen and oxygen atoms in total. The average molecular weight is 347 g/mol. The Morgan fingerprint density at radius 3 is 2.32 bits per heavy atom. The average Bonchev–Trinajstić information content (AvgIpc) is 2.65. The third-order valence-corrected chi connectivity index (χ3v) is 3.71. The fraction of sp³-hybridized carbons (Fsp3) is 0.471. The Bertz CT molecular complexity index is 671. The highest BCUT2D eigenvalue weighted by atomic mass is 16.5. The molecule has 1 aromatic heterocycles. The standard InChI is InChI=1S/C17H25N5O3/c1-6-7-8-22(2)15-11-18-21-17(20-15)19-12-9-13(23-3)16(25-5)14(10-12)24-4/h9-11H,6-8H2,1-5H3,(H,19,20,21). The highest BCUT2D eigenvalue weighted by molar-refractivity contribution is 5.65. The Balaban J connectivity index is 2.24. The predicted octanol–water partition coefficient (Wildman–Crippen LogP) is 2.88. The molecular weight excluding hydrogens is 322 g/mol. The minimum absolute atomic E-state index is 0.398. The Labute approximate surface area is 148 Å². The van der Waals surface area contributed by atoms with E-state index < -0.39 is 0 Å². The van der Waals surface area contributed by atoms with Gasteiger partial charge in [-0.15, -0.1) is 5.10 Å². The van der Waals surface area contributed by atoms with E-state index in [2.05, 4.69) is 32.3 Å². The van der Waals surface area contributed by atoms with Crippen LogP contribution < -0.4 is 24.4 Å². The molecule has 0 fully saturated rings. The number of ether oxygens (including phenoxy) is 3. The number of nitrogens with zero attached hydrogens (tertiary/aromatic N) is 4. The summed E-state index contributed by atoms with van der Waals surface area (Å²) in [5.74, 6) is 2.79. The SMILES string of the molecule is CCCCN(C)c1cnnc(Nc2cc(OC)c(OC)c(OC)c2)n1. The molecule has 0 bridgehead atoms. The minimum Gasteiger partial charge on any atom is -0.493 e. The van der Waals surface area contributed by atoms with Gasteiger partial charge in [-0.25, -0.2) is 0 Å². The number of aromatic nitrogens is 3. The highest BCUT2D eigenvalue weighted by Gasteiger charge is 2.14. The molecular formula is C17H25N5O3. The van der Waals surface area contributed by atoms with Crippen LogP contribution in [0, 0.1) is 0 Å². The third kappa shape index (κ3) is 4.62. The van der Waals surface area contributed by atoms with Crippen LogP contribution >= 0.6 is 0 Å². The van der Waals surface area contributed by atoms with E-state index in [1.807, 2.05) is 7.05 Å². The molecule has 0 atom stereocenters. The Morgan fingerprint density at radius 1 is 1.08 bits per heavy atom. The van der Waals surface area contributed by atoms with Gasteiger partial charge in [-0.3, -0.25) is 0 Å². The summed E-state index contributed by atoms with van der Waals surface area (Å²) >= 11 is 0. The molecule has 0 spiro atoms. The van der Waals surface area contributed by atoms with Crippen LogP contribution in [-0.4, -0.2) is 50.1 Å². The number of rotatable bonds is 9. The zero-order valence-electron chi connectivity index (χ0n) is 15.4. The molecule has 8 heteroatoms. The van der Waals surface area contributed by atoms with Crippen LogP contribution in [0.15, 0.2) is 18.3 Å². The maximum atomic E-state index is 5.35. The van der Waals surface area contributed by atoms with Crippen molar-refractivity contribution in [1.82, 2.24) is 15.2 Å². The number of unbranched alkanes of at least 4 members (excludes halogenated alkanes) is 1. The molecule has 1 aromatic carbocycles. The van der Waals surface area contributed by atoms with Crippen molar-refractivity contribution in [3.05, 3.63) is 18.3 Å². The van der Waals surface area contributed by atoms with Crippen molar-refractivity contribution in [3.8, 4) is 17.2 Å². The molecule has 0 amide bonds. The molecule has 1 heterocycles. The fourth-order valence-corrected chi connectivity index (χ4v) is 2.32. The Morgan fingerprint density at radius 2 is 1.76 bits per heavy atom. The molecule has 0 aliphatic carbocycles. The second-order valence-corrected chi connectivity index (χ2v) is 5.45. The van der Waals surface area contributed by atoms with E-state index in [4.69, 9.17) is 14.2 Å². The van der Waals surface area contributed by atoms with Crippen LogP contribution in [-0.2, 0) is 0 Å². The summed E-state index contributed by atoms with van der Waals surface area (Å²) in [7, 11) is 6.70. The summed E-state index contributed by atoms with van der Waals surface area (Å²) in [6.07, 6.45) is 3.87. The number of hydrogen-bond acceptors (Lipinski definition) is 8. The first kappa shape index (κ1) is 18.6. The summed E-state index contributed by atoms with van der Waals surface area (Å²) in [5, 5.41) is 11.2. The minimum atomic E-state index is 0.398. The molecule has 1 N–H and O–H groups in total. The number of anilines is 3. The number of nitrogens with one attached hydrogen (secondary N) is 1. The van der Waals surface area contributed by atoms with Gasteiger partial charge >= 0.3 is 0 Å². The van der Waals surface area contributed by atoms with E-state index in [0.29, 0.717) is 28.9 Å². The van der Waals surface area contributed by atoms with Gasteiger partial charge in [0.2, 0.25) is 11.7 Å². The van der Waals surface area contributed by atoms with Crippen LogP contribution in [0.2, 0.25) is 0 Å². The van der Waals surface area contributed by atoms with Crippen LogP contribution in [0.1, 0.15) is 19.8 Å². The van der Waals surface area contributed by atoms with Crippen molar-refractivity contribution >= 4 is 17.5 Å². The lowest BCUT2D eigenvalue weighted by Gasteiger charge is -2.18. The number of methoxy groups -OCH3 is 3. The highest BCUT2D eigenvalue weighted by Crippen LogP contribution is 2.40. The van der Waals surface area contributed by atoms with Gasteiger partial charge in [-0.2, -0.15) is 10.1 Å². The van der Waals surface area contributed by atoms with Gasteiger partial charge in [0, 0.05) is 31.4 Å². The third-order valence-electron chi connectivity index (χ3n) is 3.71. The molecule has 0 aliphatic rings. The van der Waals surface area contributed by atoms with Crippen molar-refractivity contribution in [2.75, 3.05) is 45.1 Å². The largest absolute Gasteiger partial charge is 0.493 e. The lowest BCUT2D eigenvalue weighted by Crippen LogP contribution is -2.20. The quantitative estimate of drug-likeness (QED) is 0.741. The van der Waals surface area contributed by atoms with Crippen molar-refractivity contribution in [1.29, 1.82) is 0 Å². The van der Waals surface area contributed by atoms with E-state index in [-0.39, 0.29) is 0 Å². The summed E-state index contributed by atoms with van der Waals surface area (Å²) < 4.78 is 16.0. The summed E-state index contributed by atoms with van der Waals surface area (Å²) in [5.41, 5.74) is 0.713. The summed E-state index contributed by atoms with van der Waals surface area (Å²) in [4.78, 5) is 6.56. The first-order valence-electron chi connectivity index (χ1n) is 8.10. The first-order chi connectivity index (χ1) is 12.1. The molecule has 136 valence electrons. The second kappa shape index (κ2) is 8.91. The lowest BCUT2D eigenvalue weighted by molar-refractivity contribution is 0.324. The molecule has 0 saturated heterocycles. The second-order valence-electron chi connectivity index (χ2n) is 5.45. The molecule has 0 aliphatic heterocycles. The van der Waals surface area contributed by atoms with Gasteiger partial charge in [0.15, 0.2) is 17.3 Å². The molecule has 0 saturated carbocycles. The van der Waals surface area contributed by atoms with Gasteiger partial charge in [0.1, 0.15) is 0 Å². The van der Waals surface area contributed by atoms with E-state index >= 15 is 0 Å². The van der Waals surface area contributed by atoms with Gasteiger partial charge in [0.05, 0.1) is 27.5 Å². The van der Waals surface area contributed by atoms with E-state index in [1.165, 1.54) is 0 Å². The molecule has 0 radical (unpaired) electrons. The van der Waals surface area contributed by atoms with Gasteiger partial charge in [-0.1, -0.05) is 13.3 Å². The summed E-state index contributed by atoms with van der Waals surface area (Å²) in [6.45, 7) is 3.07. The Kier molecular flexibility index (Phi) is 6.62.